The maximum atomic E-state index is 12.2. The molecular formula is C17H34N2O2. The minimum atomic E-state index is -0.414. The lowest BCUT2D eigenvalue weighted by Gasteiger charge is -2.51. The number of carbonyl (C=O) groups is 1. The Hall–Kier alpha value is -0.770. The van der Waals surface area contributed by atoms with Crippen LogP contribution >= 0.6 is 0 Å². The quantitative estimate of drug-likeness (QED) is 0.792. The van der Waals surface area contributed by atoms with Crippen LogP contribution in [0.1, 0.15) is 61.3 Å². The molecule has 1 saturated heterocycles. The molecule has 1 rings (SSSR count). The van der Waals surface area contributed by atoms with Crippen molar-refractivity contribution in [3.05, 3.63) is 0 Å². The van der Waals surface area contributed by atoms with Crippen molar-refractivity contribution in [2.24, 2.45) is 5.92 Å². The average Bonchev–Trinajstić information content (AvgIpc) is 2.38. The van der Waals surface area contributed by atoms with Crippen LogP contribution in [0.5, 0.6) is 0 Å². The van der Waals surface area contributed by atoms with Gasteiger partial charge in [0.05, 0.1) is 0 Å². The molecule has 0 unspecified atom stereocenters. The zero-order chi connectivity index (χ0) is 16.3. The molecule has 4 heteroatoms. The van der Waals surface area contributed by atoms with E-state index < -0.39 is 5.60 Å². The van der Waals surface area contributed by atoms with Crippen LogP contribution in [0.15, 0.2) is 0 Å². The molecule has 1 heterocycles. The summed E-state index contributed by atoms with van der Waals surface area (Å²) in [5.41, 5.74) is -0.190. The monoisotopic (exact) mass is 298 g/mol. The summed E-state index contributed by atoms with van der Waals surface area (Å²) in [5, 5.41) is 0. The molecule has 0 aromatic carbocycles. The van der Waals surface area contributed by atoms with Gasteiger partial charge in [-0.25, -0.2) is 4.79 Å². The van der Waals surface area contributed by atoms with E-state index in [0.29, 0.717) is 5.92 Å². The van der Waals surface area contributed by atoms with E-state index in [-0.39, 0.29) is 11.6 Å². The SMILES string of the molecule is CCN(CC)C1(C(C)C)CCN(C(=O)OC(C)(C)C)CC1. The van der Waals surface area contributed by atoms with E-state index in [0.717, 1.165) is 39.0 Å². The molecule has 124 valence electrons. The van der Waals surface area contributed by atoms with Crippen molar-refractivity contribution in [1.29, 1.82) is 0 Å². The first-order chi connectivity index (χ1) is 9.66. The summed E-state index contributed by atoms with van der Waals surface area (Å²) in [6.45, 7) is 18.6. The summed E-state index contributed by atoms with van der Waals surface area (Å²) < 4.78 is 5.49. The van der Waals surface area contributed by atoms with Gasteiger partial charge in [0.25, 0.3) is 0 Å². The molecule has 0 N–H and O–H groups in total. The van der Waals surface area contributed by atoms with Gasteiger partial charge in [-0.3, -0.25) is 4.90 Å². The summed E-state index contributed by atoms with van der Waals surface area (Å²) in [7, 11) is 0. The normalized spacial score (nSPS) is 19.2. The van der Waals surface area contributed by atoms with Crippen molar-refractivity contribution in [1.82, 2.24) is 9.80 Å². The third kappa shape index (κ3) is 4.35. The third-order valence-corrected chi connectivity index (χ3v) is 4.75. The number of amides is 1. The first kappa shape index (κ1) is 18.3. The van der Waals surface area contributed by atoms with Crippen molar-refractivity contribution < 1.29 is 9.53 Å². The first-order valence-corrected chi connectivity index (χ1v) is 8.39. The lowest BCUT2D eigenvalue weighted by molar-refractivity contribution is -0.0223. The molecule has 1 fully saturated rings. The van der Waals surface area contributed by atoms with Crippen LogP contribution in [-0.2, 0) is 4.74 Å². The fourth-order valence-corrected chi connectivity index (χ4v) is 3.52. The van der Waals surface area contributed by atoms with E-state index in [1.54, 1.807) is 0 Å². The summed E-state index contributed by atoms with van der Waals surface area (Å²) in [5.74, 6) is 0.596. The second-order valence-electron chi connectivity index (χ2n) is 7.40. The first-order valence-electron chi connectivity index (χ1n) is 8.39. The summed E-state index contributed by atoms with van der Waals surface area (Å²) in [4.78, 5) is 16.6. The zero-order valence-electron chi connectivity index (χ0n) is 15.0. The van der Waals surface area contributed by atoms with Crippen LogP contribution in [0, 0.1) is 5.92 Å². The van der Waals surface area contributed by atoms with Gasteiger partial charge in [0.15, 0.2) is 0 Å². The molecule has 0 radical (unpaired) electrons. The molecule has 0 aromatic heterocycles. The molecule has 0 aromatic rings. The number of likely N-dealkylation sites (tertiary alicyclic amines) is 1. The molecule has 0 bridgehead atoms. The summed E-state index contributed by atoms with van der Waals surface area (Å²) in [6, 6.07) is 0. The Morgan fingerprint density at radius 2 is 1.67 bits per heavy atom. The van der Waals surface area contributed by atoms with Crippen LogP contribution in [0.4, 0.5) is 4.79 Å². The Labute approximate surface area is 130 Å². The molecule has 0 spiro atoms. The highest BCUT2D eigenvalue weighted by Gasteiger charge is 2.42. The fraction of sp³-hybridized carbons (Fsp3) is 0.941. The number of rotatable bonds is 4. The van der Waals surface area contributed by atoms with Crippen molar-refractivity contribution in [2.75, 3.05) is 26.2 Å². The van der Waals surface area contributed by atoms with Gasteiger partial charge < -0.3 is 9.64 Å². The smallest absolute Gasteiger partial charge is 0.410 e. The van der Waals surface area contributed by atoms with Gasteiger partial charge in [-0.15, -0.1) is 0 Å². The Kier molecular flexibility index (Phi) is 6.09. The maximum Gasteiger partial charge on any atom is 0.410 e. The standard InChI is InChI=1S/C17H34N2O2/c1-8-19(9-2)17(14(3)4)10-12-18(13-11-17)15(20)21-16(5,6)7/h14H,8-13H2,1-7H3. The third-order valence-electron chi connectivity index (χ3n) is 4.75. The van der Waals surface area contributed by atoms with E-state index in [2.05, 4.69) is 32.6 Å². The largest absolute Gasteiger partial charge is 0.444 e. The fourth-order valence-electron chi connectivity index (χ4n) is 3.52. The summed E-state index contributed by atoms with van der Waals surface area (Å²) >= 11 is 0. The number of hydrogen-bond acceptors (Lipinski definition) is 3. The van der Waals surface area contributed by atoms with E-state index in [9.17, 15) is 4.79 Å². The molecule has 1 aliphatic rings. The van der Waals surface area contributed by atoms with Gasteiger partial charge in [0, 0.05) is 18.6 Å². The van der Waals surface area contributed by atoms with Gasteiger partial charge in [-0.1, -0.05) is 27.7 Å². The number of piperidine rings is 1. The Bertz CT molecular complexity index is 335. The molecular weight excluding hydrogens is 264 g/mol. The van der Waals surface area contributed by atoms with Gasteiger partial charge in [0.2, 0.25) is 0 Å². The lowest BCUT2D eigenvalue weighted by Crippen LogP contribution is -2.59. The van der Waals surface area contributed by atoms with E-state index >= 15 is 0 Å². The molecule has 1 aliphatic heterocycles. The number of hydrogen-bond donors (Lipinski definition) is 0. The summed E-state index contributed by atoms with van der Waals surface area (Å²) in [6.07, 6.45) is 1.90. The van der Waals surface area contributed by atoms with Crippen molar-refractivity contribution in [2.45, 2.75) is 72.4 Å². The highest BCUT2D eigenvalue weighted by molar-refractivity contribution is 5.68. The number of ether oxygens (including phenoxy) is 1. The maximum absolute atomic E-state index is 12.2. The minimum Gasteiger partial charge on any atom is -0.444 e. The predicted molar refractivity (Wildman–Crippen MR) is 87.5 cm³/mol. The highest BCUT2D eigenvalue weighted by Crippen LogP contribution is 2.36. The van der Waals surface area contributed by atoms with Crippen LogP contribution < -0.4 is 0 Å². The van der Waals surface area contributed by atoms with Crippen molar-refractivity contribution in [3.8, 4) is 0 Å². The molecule has 0 aliphatic carbocycles. The van der Waals surface area contributed by atoms with Gasteiger partial charge in [0.1, 0.15) is 5.60 Å². The topological polar surface area (TPSA) is 32.8 Å². The van der Waals surface area contributed by atoms with Crippen molar-refractivity contribution in [3.63, 3.8) is 0 Å². The van der Waals surface area contributed by atoms with Crippen LogP contribution in [0.25, 0.3) is 0 Å². The van der Waals surface area contributed by atoms with Gasteiger partial charge in [-0.2, -0.15) is 0 Å². The highest BCUT2D eigenvalue weighted by atomic mass is 16.6. The van der Waals surface area contributed by atoms with Gasteiger partial charge in [-0.05, 0) is 52.6 Å². The Balaban J connectivity index is 2.73. The zero-order valence-corrected chi connectivity index (χ0v) is 15.0. The van der Waals surface area contributed by atoms with E-state index in [1.807, 2.05) is 25.7 Å². The lowest BCUT2D eigenvalue weighted by atomic mass is 9.76. The van der Waals surface area contributed by atoms with Crippen LogP contribution in [0.3, 0.4) is 0 Å². The molecule has 0 atom stereocenters. The van der Waals surface area contributed by atoms with Crippen molar-refractivity contribution >= 4 is 6.09 Å². The molecule has 21 heavy (non-hydrogen) atoms. The van der Waals surface area contributed by atoms with E-state index in [4.69, 9.17) is 4.74 Å². The predicted octanol–water partition coefficient (Wildman–Crippen LogP) is 3.75. The minimum absolute atomic E-state index is 0.167. The van der Waals surface area contributed by atoms with Crippen LogP contribution in [-0.4, -0.2) is 53.2 Å². The average molecular weight is 298 g/mol. The Morgan fingerprint density at radius 1 is 1.19 bits per heavy atom. The molecule has 1 amide bonds. The second kappa shape index (κ2) is 6.99. The van der Waals surface area contributed by atoms with E-state index in [1.165, 1.54) is 0 Å². The molecule has 0 saturated carbocycles. The second-order valence-corrected chi connectivity index (χ2v) is 7.40. The number of carbonyl (C=O) groups excluding carboxylic acids is 1. The Morgan fingerprint density at radius 3 is 2.00 bits per heavy atom. The van der Waals surface area contributed by atoms with Crippen LogP contribution in [0.2, 0.25) is 0 Å². The molecule has 4 nitrogen and oxygen atoms in total. The van der Waals surface area contributed by atoms with Gasteiger partial charge >= 0.3 is 6.09 Å². The number of nitrogens with zero attached hydrogens (tertiary/aromatic N) is 2.